The van der Waals surface area contributed by atoms with Gasteiger partial charge in [-0.15, -0.1) is 0 Å². The third-order valence-electron chi connectivity index (χ3n) is 4.40. The number of aromatic nitrogens is 1. The van der Waals surface area contributed by atoms with Crippen LogP contribution < -0.4 is 10.1 Å². The maximum atomic E-state index is 11.5. The minimum absolute atomic E-state index is 0.268. The highest BCUT2D eigenvalue weighted by molar-refractivity contribution is 5.93. The van der Waals surface area contributed by atoms with Gasteiger partial charge in [-0.25, -0.2) is 4.98 Å². The second-order valence-corrected chi connectivity index (χ2v) is 6.73. The number of hydrogen-bond donors (Lipinski definition) is 1. The van der Waals surface area contributed by atoms with Gasteiger partial charge in [-0.1, -0.05) is 30.3 Å². The molecule has 0 saturated carbocycles. The second kappa shape index (κ2) is 9.68. The maximum absolute atomic E-state index is 11.5. The smallest absolute Gasteiger partial charge is 0.226 e. The van der Waals surface area contributed by atoms with Crippen LogP contribution in [0.1, 0.15) is 30.4 Å². The Hall–Kier alpha value is -3.41. The molecule has 0 spiro atoms. The molecule has 2 amide bonds. The SMILES string of the molecule is CC(=O)NC(=O)CCc1ccc(OCCc2nc(-c3ccccc3)oc2C)cc1. The van der Waals surface area contributed by atoms with Crippen molar-refractivity contribution in [1.82, 2.24) is 10.3 Å². The van der Waals surface area contributed by atoms with Gasteiger partial charge in [0.05, 0.1) is 12.3 Å². The number of ether oxygens (including phenoxy) is 1. The molecule has 2 aromatic carbocycles. The van der Waals surface area contributed by atoms with Crippen molar-refractivity contribution < 1.29 is 18.7 Å². The van der Waals surface area contributed by atoms with Gasteiger partial charge >= 0.3 is 0 Å². The van der Waals surface area contributed by atoms with E-state index in [0.29, 0.717) is 25.3 Å². The monoisotopic (exact) mass is 392 g/mol. The van der Waals surface area contributed by atoms with E-state index in [2.05, 4.69) is 10.3 Å². The summed E-state index contributed by atoms with van der Waals surface area (Å²) in [6, 6.07) is 17.4. The van der Waals surface area contributed by atoms with Crippen molar-refractivity contribution in [2.24, 2.45) is 0 Å². The Labute approximate surface area is 169 Å². The lowest BCUT2D eigenvalue weighted by atomic mass is 10.1. The van der Waals surface area contributed by atoms with E-state index in [1.54, 1.807) is 0 Å². The van der Waals surface area contributed by atoms with E-state index in [1.807, 2.05) is 61.5 Å². The maximum Gasteiger partial charge on any atom is 0.226 e. The third kappa shape index (κ3) is 6.04. The quantitative estimate of drug-likeness (QED) is 0.629. The molecule has 150 valence electrons. The van der Waals surface area contributed by atoms with Gasteiger partial charge < -0.3 is 9.15 Å². The van der Waals surface area contributed by atoms with Crippen LogP contribution in [0.25, 0.3) is 11.5 Å². The molecule has 0 aliphatic heterocycles. The van der Waals surface area contributed by atoms with Crippen LogP contribution in [0.15, 0.2) is 59.0 Å². The number of benzene rings is 2. The highest BCUT2D eigenvalue weighted by Gasteiger charge is 2.11. The van der Waals surface area contributed by atoms with Gasteiger partial charge in [0, 0.05) is 25.3 Å². The summed E-state index contributed by atoms with van der Waals surface area (Å²) < 4.78 is 11.6. The average molecular weight is 392 g/mol. The number of imide groups is 1. The first kappa shape index (κ1) is 20.3. The Kier molecular flexibility index (Phi) is 6.79. The lowest BCUT2D eigenvalue weighted by Gasteiger charge is -2.07. The van der Waals surface area contributed by atoms with Crippen molar-refractivity contribution >= 4 is 11.8 Å². The summed E-state index contributed by atoms with van der Waals surface area (Å²) in [7, 11) is 0. The summed E-state index contributed by atoms with van der Waals surface area (Å²) in [6.07, 6.45) is 1.49. The second-order valence-electron chi connectivity index (χ2n) is 6.73. The molecule has 0 radical (unpaired) electrons. The Balaban J connectivity index is 1.48. The number of aryl methyl sites for hydroxylation is 2. The van der Waals surface area contributed by atoms with Crippen molar-refractivity contribution in [3.8, 4) is 17.2 Å². The molecule has 0 atom stereocenters. The number of nitrogens with zero attached hydrogens (tertiary/aromatic N) is 1. The molecular formula is C23H24N2O4. The summed E-state index contributed by atoms with van der Waals surface area (Å²) in [5, 5.41) is 2.27. The minimum atomic E-state index is -0.336. The molecule has 3 aromatic rings. The number of carbonyl (C=O) groups excluding carboxylic acids is 2. The van der Waals surface area contributed by atoms with Crippen molar-refractivity contribution in [2.75, 3.05) is 6.61 Å². The van der Waals surface area contributed by atoms with Gasteiger partial charge in [0.2, 0.25) is 17.7 Å². The van der Waals surface area contributed by atoms with Crippen LogP contribution >= 0.6 is 0 Å². The standard InChI is InChI=1S/C23H24N2O4/c1-16-21(25-23(29-16)19-6-4-3-5-7-19)14-15-28-20-11-8-18(9-12-20)10-13-22(27)24-17(2)26/h3-9,11-12H,10,13-15H2,1-2H3,(H,24,26,27). The lowest BCUT2D eigenvalue weighted by Crippen LogP contribution is -2.27. The molecule has 6 nitrogen and oxygen atoms in total. The van der Waals surface area contributed by atoms with Gasteiger partial charge in [0.1, 0.15) is 11.5 Å². The van der Waals surface area contributed by atoms with E-state index in [4.69, 9.17) is 9.15 Å². The highest BCUT2D eigenvalue weighted by Crippen LogP contribution is 2.22. The topological polar surface area (TPSA) is 81.4 Å². The number of carbonyl (C=O) groups is 2. The van der Waals surface area contributed by atoms with Crippen molar-refractivity contribution in [1.29, 1.82) is 0 Å². The Morgan fingerprint density at radius 2 is 1.76 bits per heavy atom. The highest BCUT2D eigenvalue weighted by atomic mass is 16.5. The van der Waals surface area contributed by atoms with E-state index in [0.717, 1.165) is 28.3 Å². The van der Waals surface area contributed by atoms with Crippen LogP contribution in [0.2, 0.25) is 0 Å². The fourth-order valence-electron chi connectivity index (χ4n) is 2.90. The zero-order chi connectivity index (χ0) is 20.6. The van der Waals surface area contributed by atoms with Crippen LogP contribution in [0.5, 0.6) is 5.75 Å². The number of rotatable bonds is 8. The predicted molar refractivity (Wildman–Crippen MR) is 109 cm³/mol. The van der Waals surface area contributed by atoms with E-state index in [9.17, 15) is 9.59 Å². The van der Waals surface area contributed by atoms with E-state index >= 15 is 0 Å². The molecule has 0 bridgehead atoms. The Bertz CT molecular complexity index is 962. The van der Waals surface area contributed by atoms with Crippen LogP contribution in [-0.4, -0.2) is 23.4 Å². The molecule has 0 aliphatic rings. The van der Waals surface area contributed by atoms with E-state index in [1.165, 1.54) is 6.92 Å². The Morgan fingerprint density at radius 3 is 2.45 bits per heavy atom. The summed E-state index contributed by atoms with van der Waals surface area (Å²) in [6.45, 7) is 3.72. The summed E-state index contributed by atoms with van der Waals surface area (Å²) >= 11 is 0. The first-order chi connectivity index (χ1) is 14.0. The van der Waals surface area contributed by atoms with Gasteiger partial charge in [0.15, 0.2) is 0 Å². The normalized spacial score (nSPS) is 10.6. The molecule has 1 heterocycles. The van der Waals surface area contributed by atoms with Gasteiger partial charge in [-0.3, -0.25) is 14.9 Å². The molecular weight excluding hydrogens is 368 g/mol. The fraction of sp³-hybridized carbons (Fsp3) is 0.261. The zero-order valence-electron chi connectivity index (χ0n) is 16.6. The number of amides is 2. The zero-order valence-corrected chi connectivity index (χ0v) is 16.6. The van der Waals surface area contributed by atoms with Gasteiger partial charge in [-0.2, -0.15) is 0 Å². The summed E-state index contributed by atoms with van der Waals surface area (Å²) in [5.41, 5.74) is 2.85. The third-order valence-corrected chi connectivity index (χ3v) is 4.40. The van der Waals surface area contributed by atoms with Crippen molar-refractivity contribution in [3.63, 3.8) is 0 Å². The van der Waals surface area contributed by atoms with Crippen molar-refractivity contribution in [2.45, 2.75) is 33.1 Å². The first-order valence-corrected chi connectivity index (χ1v) is 9.55. The number of nitrogens with one attached hydrogen (secondary N) is 1. The molecule has 0 saturated heterocycles. The van der Waals surface area contributed by atoms with Gasteiger partial charge in [0.25, 0.3) is 0 Å². The summed E-state index contributed by atoms with van der Waals surface area (Å²) in [4.78, 5) is 26.9. The number of oxazole rings is 1. The minimum Gasteiger partial charge on any atom is -0.493 e. The fourth-order valence-corrected chi connectivity index (χ4v) is 2.90. The van der Waals surface area contributed by atoms with Crippen LogP contribution in [0.3, 0.4) is 0 Å². The number of hydrogen-bond acceptors (Lipinski definition) is 5. The lowest BCUT2D eigenvalue weighted by molar-refractivity contribution is -0.129. The Morgan fingerprint density at radius 1 is 1.03 bits per heavy atom. The molecule has 3 rings (SSSR count). The molecule has 29 heavy (non-hydrogen) atoms. The summed E-state index contributed by atoms with van der Waals surface area (Å²) in [5.74, 6) is 1.57. The van der Waals surface area contributed by atoms with E-state index in [-0.39, 0.29) is 18.2 Å². The molecule has 0 fully saturated rings. The molecule has 1 N–H and O–H groups in total. The molecule has 0 unspecified atom stereocenters. The average Bonchev–Trinajstić information content (AvgIpc) is 3.08. The van der Waals surface area contributed by atoms with Crippen LogP contribution in [0, 0.1) is 6.92 Å². The first-order valence-electron chi connectivity index (χ1n) is 9.55. The predicted octanol–water partition coefficient (Wildman–Crippen LogP) is 3.87. The van der Waals surface area contributed by atoms with E-state index < -0.39 is 0 Å². The van der Waals surface area contributed by atoms with Crippen LogP contribution in [-0.2, 0) is 22.4 Å². The molecule has 6 heteroatoms. The molecule has 0 aliphatic carbocycles. The largest absolute Gasteiger partial charge is 0.493 e. The van der Waals surface area contributed by atoms with Crippen molar-refractivity contribution in [3.05, 3.63) is 71.6 Å². The van der Waals surface area contributed by atoms with Gasteiger partial charge in [-0.05, 0) is 43.2 Å². The molecule has 1 aromatic heterocycles. The van der Waals surface area contributed by atoms with Crippen LogP contribution in [0.4, 0.5) is 0 Å².